The third-order valence-corrected chi connectivity index (χ3v) is 6.43. The van der Waals surface area contributed by atoms with Gasteiger partial charge in [-0.2, -0.15) is 0 Å². The zero-order chi connectivity index (χ0) is 23.0. The summed E-state index contributed by atoms with van der Waals surface area (Å²) in [6, 6.07) is 8.03. The lowest BCUT2D eigenvalue weighted by Crippen LogP contribution is -2.01. The van der Waals surface area contributed by atoms with E-state index in [4.69, 9.17) is 33.0 Å². The van der Waals surface area contributed by atoms with Gasteiger partial charge in [-0.15, -0.1) is 0 Å². The number of phenols is 1. The highest BCUT2D eigenvalue weighted by atomic mass is 35.5. The normalized spacial score (nSPS) is 10.9. The van der Waals surface area contributed by atoms with Gasteiger partial charge < -0.3 is 14.9 Å². The summed E-state index contributed by atoms with van der Waals surface area (Å²) in [4.78, 5) is 11.0. The van der Waals surface area contributed by atoms with Gasteiger partial charge in [-0.25, -0.2) is 0 Å². The fraction of sp³-hybridized carbons (Fsp3) is 0.240. The molecule has 0 atom stereocenters. The molecule has 162 valence electrons. The maximum absolute atomic E-state index is 11.0. The second-order valence-corrected chi connectivity index (χ2v) is 8.55. The molecule has 0 aliphatic heterocycles. The van der Waals surface area contributed by atoms with Gasteiger partial charge >= 0.3 is 5.97 Å². The predicted octanol–water partition coefficient (Wildman–Crippen LogP) is 7.33. The summed E-state index contributed by atoms with van der Waals surface area (Å²) in [7, 11) is 0. The fourth-order valence-electron chi connectivity index (χ4n) is 3.79. The molecule has 0 aliphatic rings. The van der Waals surface area contributed by atoms with E-state index in [0.29, 0.717) is 16.9 Å². The van der Waals surface area contributed by atoms with E-state index in [1.54, 1.807) is 18.2 Å². The van der Waals surface area contributed by atoms with Crippen molar-refractivity contribution >= 4 is 29.2 Å². The Morgan fingerprint density at radius 3 is 1.90 bits per heavy atom. The summed E-state index contributed by atoms with van der Waals surface area (Å²) in [6.07, 6.45) is -0.187. The van der Waals surface area contributed by atoms with Crippen molar-refractivity contribution in [2.24, 2.45) is 0 Å². The molecule has 0 spiro atoms. The number of halogens is 2. The lowest BCUT2D eigenvalue weighted by molar-refractivity contribution is -0.136. The highest BCUT2D eigenvalue weighted by Crippen LogP contribution is 2.43. The maximum atomic E-state index is 11.0. The van der Waals surface area contributed by atoms with Gasteiger partial charge in [-0.1, -0.05) is 23.2 Å². The van der Waals surface area contributed by atoms with Crippen molar-refractivity contribution in [2.45, 2.75) is 41.0 Å². The molecule has 0 bridgehead atoms. The minimum Gasteiger partial charge on any atom is -0.507 e. The van der Waals surface area contributed by atoms with Gasteiger partial charge in [0.1, 0.15) is 11.5 Å². The molecule has 0 heterocycles. The highest BCUT2D eigenvalue weighted by Gasteiger charge is 2.18. The number of hydrogen-bond acceptors (Lipinski definition) is 3. The van der Waals surface area contributed by atoms with Crippen LogP contribution in [0.25, 0.3) is 11.1 Å². The number of carboxylic acid groups (broad SMARTS) is 1. The molecule has 0 aliphatic carbocycles. The van der Waals surface area contributed by atoms with Crippen LogP contribution in [0.15, 0.2) is 30.3 Å². The van der Waals surface area contributed by atoms with Gasteiger partial charge in [0, 0.05) is 5.56 Å². The van der Waals surface area contributed by atoms with Crippen molar-refractivity contribution in [3.63, 3.8) is 0 Å². The molecule has 0 fully saturated rings. The molecule has 3 rings (SSSR count). The van der Waals surface area contributed by atoms with E-state index in [-0.39, 0.29) is 28.0 Å². The standard InChI is InChI=1S/C25H24Cl2O4/c1-12-13(2)15(4)24(16(5)14(12)3)19-11-18(6-7-22(19)28)31-25-20(26)8-17(9-21(25)27)10-23(29)30/h6-9,11,28H,10H2,1-5H3,(H,29,30). The lowest BCUT2D eigenvalue weighted by atomic mass is 9.86. The Labute approximate surface area is 192 Å². The quantitative estimate of drug-likeness (QED) is 0.419. The van der Waals surface area contributed by atoms with Crippen LogP contribution in [0.1, 0.15) is 33.4 Å². The monoisotopic (exact) mass is 458 g/mol. The molecular weight excluding hydrogens is 435 g/mol. The molecule has 0 unspecified atom stereocenters. The van der Waals surface area contributed by atoms with Gasteiger partial charge in [0.05, 0.1) is 16.5 Å². The highest BCUT2D eigenvalue weighted by molar-refractivity contribution is 6.37. The molecule has 2 N–H and O–H groups in total. The number of benzene rings is 3. The summed E-state index contributed by atoms with van der Waals surface area (Å²) in [5, 5.41) is 20.0. The van der Waals surface area contributed by atoms with Crippen molar-refractivity contribution in [3.05, 3.63) is 73.8 Å². The van der Waals surface area contributed by atoms with Gasteiger partial charge in [0.15, 0.2) is 5.75 Å². The van der Waals surface area contributed by atoms with Crippen molar-refractivity contribution in [1.82, 2.24) is 0 Å². The van der Waals surface area contributed by atoms with Crippen LogP contribution < -0.4 is 4.74 Å². The lowest BCUT2D eigenvalue weighted by Gasteiger charge is -2.20. The van der Waals surface area contributed by atoms with Gasteiger partial charge in [0.2, 0.25) is 0 Å². The van der Waals surface area contributed by atoms with Crippen LogP contribution in [0.3, 0.4) is 0 Å². The molecular formula is C25H24Cl2O4. The van der Waals surface area contributed by atoms with Crippen molar-refractivity contribution < 1.29 is 19.7 Å². The minimum absolute atomic E-state index is 0.148. The zero-order valence-corrected chi connectivity index (χ0v) is 19.6. The molecule has 0 amide bonds. The number of ether oxygens (including phenoxy) is 1. The van der Waals surface area contributed by atoms with E-state index in [2.05, 4.69) is 20.8 Å². The van der Waals surface area contributed by atoms with Crippen LogP contribution in [0.4, 0.5) is 0 Å². The Hall–Kier alpha value is -2.69. The van der Waals surface area contributed by atoms with E-state index in [9.17, 15) is 9.90 Å². The Morgan fingerprint density at radius 1 is 0.871 bits per heavy atom. The van der Waals surface area contributed by atoms with E-state index < -0.39 is 5.97 Å². The summed E-state index contributed by atoms with van der Waals surface area (Å²) in [5.74, 6) is -0.135. The van der Waals surface area contributed by atoms with Crippen LogP contribution in [-0.2, 0) is 11.2 Å². The fourth-order valence-corrected chi connectivity index (χ4v) is 4.40. The molecule has 0 aromatic heterocycles. The molecule has 6 heteroatoms. The first kappa shape index (κ1) is 23.0. The first-order valence-electron chi connectivity index (χ1n) is 9.79. The van der Waals surface area contributed by atoms with Gasteiger partial charge in [-0.05, 0) is 104 Å². The number of aliphatic carboxylic acids is 1. The van der Waals surface area contributed by atoms with Crippen LogP contribution in [0.2, 0.25) is 10.0 Å². The second-order valence-electron chi connectivity index (χ2n) is 7.74. The third-order valence-electron chi connectivity index (χ3n) is 5.87. The molecule has 3 aromatic carbocycles. The number of carboxylic acids is 1. The topological polar surface area (TPSA) is 66.8 Å². The van der Waals surface area contributed by atoms with Crippen LogP contribution >= 0.6 is 23.2 Å². The number of aromatic hydroxyl groups is 1. The Balaban J connectivity index is 2.08. The van der Waals surface area contributed by atoms with Crippen LogP contribution in [0.5, 0.6) is 17.2 Å². The van der Waals surface area contributed by atoms with E-state index in [1.165, 1.54) is 28.8 Å². The first-order valence-corrected chi connectivity index (χ1v) is 10.5. The molecule has 31 heavy (non-hydrogen) atoms. The molecule has 0 saturated heterocycles. The third kappa shape index (κ3) is 4.51. The predicted molar refractivity (Wildman–Crippen MR) is 125 cm³/mol. The smallest absolute Gasteiger partial charge is 0.307 e. The van der Waals surface area contributed by atoms with Gasteiger partial charge in [-0.3, -0.25) is 4.79 Å². The number of carbonyl (C=O) groups is 1. The van der Waals surface area contributed by atoms with Gasteiger partial charge in [0.25, 0.3) is 0 Å². The Bertz CT molecular complexity index is 1150. The number of hydrogen-bond donors (Lipinski definition) is 2. The van der Waals surface area contributed by atoms with Crippen LogP contribution in [0, 0.1) is 34.6 Å². The second kappa shape index (κ2) is 8.81. The summed E-state index contributed by atoms with van der Waals surface area (Å²) in [6.45, 7) is 10.4. The van der Waals surface area contributed by atoms with Crippen molar-refractivity contribution in [3.8, 4) is 28.4 Å². The van der Waals surface area contributed by atoms with Crippen molar-refractivity contribution in [2.75, 3.05) is 0 Å². The largest absolute Gasteiger partial charge is 0.507 e. The summed E-state index contributed by atoms with van der Waals surface area (Å²) < 4.78 is 5.96. The zero-order valence-electron chi connectivity index (χ0n) is 18.1. The molecule has 4 nitrogen and oxygen atoms in total. The van der Waals surface area contributed by atoms with Crippen LogP contribution in [-0.4, -0.2) is 16.2 Å². The summed E-state index contributed by atoms with van der Waals surface area (Å²) in [5.41, 5.74) is 7.92. The first-order chi connectivity index (χ1) is 14.5. The molecule has 0 saturated carbocycles. The Morgan fingerprint density at radius 2 is 1.39 bits per heavy atom. The maximum Gasteiger partial charge on any atom is 0.307 e. The summed E-state index contributed by atoms with van der Waals surface area (Å²) >= 11 is 12.6. The molecule has 0 radical (unpaired) electrons. The average molecular weight is 459 g/mol. The van der Waals surface area contributed by atoms with E-state index in [0.717, 1.165) is 16.7 Å². The Kier molecular flexibility index (Phi) is 6.54. The van der Waals surface area contributed by atoms with Crippen molar-refractivity contribution in [1.29, 1.82) is 0 Å². The number of rotatable bonds is 5. The average Bonchev–Trinajstić information content (AvgIpc) is 2.69. The van der Waals surface area contributed by atoms with E-state index in [1.807, 2.05) is 13.8 Å². The minimum atomic E-state index is -0.974. The molecule has 3 aromatic rings. The van der Waals surface area contributed by atoms with E-state index >= 15 is 0 Å². The SMILES string of the molecule is Cc1c(C)c(C)c(-c2cc(Oc3c(Cl)cc(CC(=O)O)cc3Cl)ccc2O)c(C)c1C. The number of phenolic OH excluding ortho intramolecular Hbond substituents is 1.